The van der Waals surface area contributed by atoms with E-state index in [9.17, 15) is 9.18 Å². The summed E-state index contributed by atoms with van der Waals surface area (Å²) in [4.78, 5) is 11.8. The van der Waals surface area contributed by atoms with E-state index < -0.39 is 5.82 Å². The molecule has 0 fully saturated rings. The largest absolute Gasteiger partial charge is 0.396 e. The third-order valence-corrected chi connectivity index (χ3v) is 2.90. The van der Waals surface area contributed by atoms with Gasteiger partial charge in [0.25, 0.3) is 5.91 Å². The number of hydrogen-bond donors (Lipinski definition) is 2. The smallest absolute Gasteiger partial charge is 0.252 e. The zero-order valence-electron chi connectivity index (χ0n) is 9.11. The van der Waals surface area contributed by atoms with E-state index in [4.69, 9.17) is 10.3 Å². The number of amides is 1. The quantitative estimate of drug-likeness (QED) is 0.850. The fourth-order valence-corrected chi connectivity index (χ4v) is 1.83. The number of carbonyl (C=O) groups excluding carboxylic acids is 1. The number of halogens is 2. The first-order valence-electron chi connectivity index (χ1n) is 5.00. The number of nitrogens with zero attached hydrogens (tertiary/aromatic N) is 1. The number of nitrogens with two attached hydrogens (primary N) is 1. The maximum absolute atomic E-state index is 13.1. The number of hydrogen-bond acceptors (Lipinski definition) is 4. The van der Waals surface area contributed by atoms with Crippen molar-refractivity contribution in [1.82, 2.24) is 10.5 Å². The van der Waals surface area contributed by atoms with E-state index in [0.29, 0.717) is 10.2 Å². The van der Waals surface area contributed by atoms with Gasteiger partial charge in [0, 0.05) is 10.5 Å². The molecule has 0 aliphatic heterocycles. The highest BCUT2D eigenvalue weighted by Crippen LogP contribution is 2.22. The molecule has 1 heterocycles. The van der Waals surface area contributed by atoms with Crippen molar-refractivity contribution in [3.63, 3.8) is 0 Å². The van der Waals surface area contributed by atoms with Crippen LogP contribution >= 0.6 is 15.9 Å². The minimum Gasteiger partial charge on any atom is -0.396 e. The van der Waals surface area contributed by atoms with E-state index in [0.717, 1.165) is 6.07 Å². The van der Waals surface area contributed by atoms with Gasteiger partial charge in [-0.25, -0.2) is 4.39 Å². The van der Waals surface area contributed by atoms with Crippen LogP contribution in [0.3, 0.4) is 0 Å². The van der Waals surface area contributed by atoms with Crippen molar-refractivity contribution in [2.24, 2.45) is 0 Å². The van der Waals surface area contributed by atoms with Gasteiger partial charge in [0.05, 0.1) is 24.0 Å². The lowest BCUT2D eigenvalue weighted by Crippen LogP contribution is -2.23. The molecule has 94 valence electrons. The highest BCUT2D eigenvalue weighted by Gasteiger charge is 2.13. The van der Waals surface area contributed by atoms with E-state index in [1.807, 2.05) is 0 Å². The summed E-state index contributed by atoms with van der Waals surface area (Å²) in [6, 6.07) is 4.06. The number of benzene rings is 1. The van der Waals surface area contributed by atoms with E-state index in [2.05, 4.69) is 26.4 Å². The number of anilines is 1. The topological polar surface area (TPSA) is 81.2 Å². The van der Waals surface area contributed by atoms with Crippen LogP contribution in [0.2, 0.25) is 0 Å². The molecule has 0 aliphatic rings. The summed E-state index contributed by atoms with van der Waals surface area (Å²) in [6.07, 6.45) is 1.48. The third kappa shape index (κ3) is 2.67. The average Bonchev–Trinajstić information content (AvgIpc) is 2.84. The van der Waals surface area contributed by atoms with Crippen LogP contribution in [0.15, 0.2) is 33.4 Å². The van der Waals surface area contributed by atoms with Crippen molar-refractivity contribution in [2.75, 3.05) is 5.73 Å². The van der Waals surface area contributed by atoms with Crippen LogP contribution in [0, 0.1) is 5.82 Å². The lowest BCUT2D eigenvalue weighted by Gasteiger charge is -2.07. The average molecular weight is 314 g/mol. The summed E-state index contributed by atoms with van der Waals surface area (Å²) in [5.41, 5.74) is 5.59. The highest BCUT2D eigenvalue weighted by molar-refractivity contribution is 9.10. The van der Waals surface area contributed by atoms with Gasteiger partial charge in [-0.1, -0.05) is 5.16 Å². The van der Waals surface area contributed by atoms with Crippen LogP contribution in [0.1, 0.15) is 16.1 Å². The molecule has 0 atom stereocenters. The second-order valence-corrected chi connectivity index (χ2v) is 4.37. The number of aromatic nitrogens is 1. The fraction of sp³-hybridized carbons (Fsp3) is 0.0909. The molecule has 2 rings (SSSR count). The van der Waals surface area contributed by atoms with Crippen LogP contribution in [0.4, 0.5) is 10.1 Å². The first-order valence-corrected chi connectivity index (χ1v) is 5.79. The molecule has 0 bridgehead atoms. The summed E-state index contributed by atoms with van der Waals surface area (Å²) in [5.74, 6) is -0.437. The summed E-state index contributed by atoms with van der Waals surface area (Å²) in [7, 11) is 0. The number of nitrogens with one attached hydrogen (secondary N) is 1. The molecule has 1 aromatic heterocycles. The summed E-state index contributed by atoms with van der Waals surface area (Å²) in [5, 5.41) is 6.12. The fourth-order valence-electron chi connectivity index (χ4n) is 1.34. The van der Waals surface area contributed by atoms with Crippen molar-refractivity contribution in [3.05, 3.63) is 46.0 Å². The van der Waals surface area contributed by atoms with Crippen molar-refractivity contribution in [2.45, 2.75) is 6.54 Å². The monoisotopic (exact) mass is 313 g/mol. The Morgan fingerprint density at radius 3 is 3.00 bits per heavy atom. The summed E-state index contributed by atoms with van der Waals surface area (Å²) in [6.45, 7) is 0.197. The molecular formula is C11H9BrFN3O2. The van der Waals surface area contributed by atoms with Gasteiger partial charge in [-0.15, -0.1) is 0 Å². The lowest BCUT2D eigenvalue weighted by molar-refractivity contribution is 0.0946. The molecule has 0 saturated carbocycles. The molecule has 7 heteroatoms. The number of carbonyl (C=O) groups is 1. The molecule has 0 aliphatic carbocycles. The molecular weight excluding hydrogens is 305 g/mol. The van der Waals surface area contributed by atoms with Crippen LogP contribution in [-0.4, -0.2) is 11.1 Å². The number of rotatable bonds is 3. The lowest BCUT2D eigenvalue weighted by atomic mass is 10.2. The van der Waals surface area contributed by atoms with Crippen LogP contribution < -0.4 is 11.1 Å². The van der Waals surface area contributed by atoms with Crippen LogP contribution in [0.25, 0.3) is 0 Å². The van der Waals surface area contributed by atoms with Gasteiger partial charge in [-0.3, -0.25) is 4.79 Å². The second-order valence-electron chi connectivity index (χ2n) is 3.51. The molecule has 18 heavy (non-hydrogen) atoms. The molecule has 0 radical (unpaired) electrons. The normalized spacial score (nSPS) is 10.3. The Hall–Kier alpha value is -1.89. The second kappa shape index (κ2) is 5.18. The van der Waals surface area contributed by atoms with E-state index in [1.54, 1.807) is 6.07 Å². The minimum absolute atomic E-state index is 0.0805. The zero-order chi connectivity index (χ0) is 13.1. The van der Waals surface area contributed by atoms with Gasteiger partial charge in [-0.05, 0) is 28.1 Å². The predicted octanol–water partition coefficient (Wildman–Crippen LogP) is 2.09. The highest BCUT2D eigenvalue weighted by atomic mass is 79.9. The molecule has 0 saturated heterocycles. The predicted molar refractivity (Wildman–Crippen MR) is 66.2 cm³/mol. The van der Waals surface area contributed by atoms with Gasteiger partial charge in [0.2, 0.25) is 0 Å². The molecule has 1 amide bonds. The SMILES string of the molecule is Nc1cc(C(=O)NCc2ccno2)c(Br)cc1F. The van der Waals surface area contributed by atoms with Crippen LogP contribution in [0.5, 0.6) is 0 Å². The molecule has 5 nitrogen and oxygen atoms in total. The van der Waals surface area contributed by atoms with E-state index in [1.165, 1.54) is 12.3 Å². The van der Waals surface area contributed by atoms with Gasteiger partial charge in [-0.2, -0.15) is 0 Å². The molecule has 3 N–H and O–H groups in total. The summed E-state index contributed by atoms with van der Waals surface area (Å²) >= 11 is 3.11. The Balaban J connectivity index is 2.11. The Bertz CT molecular complexity index is 572. The summed E-state index contributed by atoms with van der Waals surface area (Å²) < 4.78 is 18.3. The van der Waals surface area contributed by atoms with Gasteiger partial charge in [0.15, 0.2) is 5.76 Å². The first-order chi connectivity index (χ1) is 8.58. The minimum atomic E-state index is -0.575. The van der Waals surface area contributed by atoms with Gasteiger partial charge >= 0.3 is 0 Å². The zero-order valence-corrected chi connectivity index (χ0v) is 10.7. The molecule has 0 unspecified atom stereocenters. The number of nitrogen functional groups attached to an aromatic ring is 1. The standard InChI is InChI=1S/C11H9BrFN3O2/c12-8-4-9(13)10(14)3-7(8)11(17)15-5-6-1-2-16-18-6/h1-4H,5,14H2,(H,15,17). The first kappa shape index (κ1) is 12.6. The third-order valence-electron chi connectivity index (χ3n) is 2.25. The Kier molecular flexibility index (Phi) is 3.61. The van der Waals surface area contributed by atoms with Gasteiger partial charge < -0.3 is 15.6 Å². The maximum Gasteiger partial charge on any atom is 0.252 e. The van der Waals surface area contributed by atoms with E-state index >= 15 is 0 Å². The Morgan fingerprint density at radius 1 is 1.56 bits per heavy atom. The maximum atomic E-state index is 13.1. The van der Waals surface area contributed by atoms with Crippen molar-refractivity contribution in [1.29, 1.82) is 0 Å². The van der Waals surface area contributed by atoms with Crippen molar-refractivity contribution >= 4 is 27.5 Å². The van der Waals surface area contributed by atoms with Crippen molar-refractivity contribution in [3.8, 4) is 0 Å². The molecule has 1 aromatic carbocycles. The molecule has 0 spiro atoms. The van der Waals surface area contributed by atoms with Gasteiger partial charge in [0.1, 0.15) is 5.82 Å². The van der Waals surface area contributed by atoms with E-state index in [-0.39, 0.29) is 23.7 Å². The van der Waals surface area contributed by atoms with Crippen molar-refractivity contribution < 1.29 is 13.7 Å². The Morgan fingerprint density at radius 2 is 2.33 bits per heavy atom. The molecule has 2 aromatic rings. The van der Waals surface area contributed by atoms with Crippen LogP contribution in [-0.2, 0) is 6.54 Å². The Labute approximate surface area is 110 Å².